The van der Waals surface area contributed by atoms with Crippen LogP contribution in [0, 0.1) is 30.6 Å². The zero-order valence-corrected chi connectivity index (χ0v) is 19.6. The molecule has 0 spiro atoms. The molecule has 1 aliphatic carbocycles. The predicted octanol–water partition coefficient (Wildman–Crippen LogP) is 2.76. The number of rotatable bonds is 8. The van der Waals surface area contributed by atoms with E-state index >= 15 is 0 Å². The first kappa shape index (κ1) is 24.3. The van der Waals surface area contributed by atoms with Crippen LogP contribution in [0.4, 0.5) is 5.69 Å². The second-order valence-corrected chi connectivity index (χ2v) is 8.94. The summed E-state index contributed by atoms with van der Waals surface area (Å²) in [4.78, 5) is 41.5. The number of halogens is 1. The Balaban J connectivity index is 1.98. The van der Waals surface area contributed by atoms with Gasteiger partial charge in [-0.1, -0.05) is 42.8 Å². The molecule has 0 radical (unpaired) electrons. The van der Waals surface area contributed by atoms with Crippen LogP contribution in [0.15, 0.2) is 30.4 Å². The van der Waals surface area contributed by atoms with Crippen LogP contribution in [0.1, 0.15) is 31.7 Å². The van der Waals surface area contributed by atoms with Crippen molar-refractivity contribution in [3.8, 4) is 0 Å². The van der Waals surface area contributed by atoms with Gasteiger partial charge in [-0.3, -0.25) is 14.4 Å². The number of carbonyl (C=O) groups is 3. The number of unbranched alkanes of at least 4 members (excludes halogenated alkanes) is 1. The van der Waals surface area contributed by atoms with Gasteiger partial charge in [0.05, 0.1) is 22.5 Å². The van der Waals surface area contributed by atoms with Gasteiger partial charge < -0.3 is 20.6 Å². The van der Waals surface area contributed by atoms with Crippen molar-refractivity contribution in [1.82, 2.24) is 10.2 Å². The van der Waals surface area contributed by atoms with E-state index in [-0.39, 0.29) is 30.2 Å². The zero-order chi connectivity index (χ0) is 23.4. The van der Waals surface area contributed by atoms with Crippen LogP contribution in [-0.2, 0) is 14.4 Å². The third-order valence-electron chi connectivity index (χ3n) is 6.68. The fourth-order valence-corrected chi connectivity index (χ4v) is 5.30. The van der Waals surface area contributed by atoms with Crippen LogP contribution in [0.3, 0.4) is 0 Å². The number of likely N-dealkylation sites (tertiary alicyclic amines) is 1. The van der Waals surface area contributed by atoms with Crippen molar-refractivity contribution in [3.63, 3.8) is 0 Å². The first-order valence-corrected chi connectivity index (χ1v) is 11.6. The predicted molar refractivity (Wildman–Crippen MR) is 124 cm³/mol. The molecule has 1 saturated heterocycles. The van der Waals surface area contributed by atoms with E-state index in [4.69, 9.17) is 11.6 Å². The number of nitrogens with zero attached hydrogens (tertiary/aromatic N) is 1. The normalized spacial score (nSPS) is 26.7. The Labute approximate surface area is 194 Å². The van der Waals surface area contributed by atoms with Crippen molar-refractivity contribution in [1.29, 1.82) is 0 Å². The Morgan fingerprint density at radius 2 is 1.94 bits per heavy atom. The lowest BCUT2D eigenvalue weighted by atomic mass is 9.69. The summed E-state index contributed by atoms with van der Waals surface area (Å²) in [5.74, 6) is -2.27. The van der Waals surface area contributed by atoms with Gasteiger partial charge in [-0.15, -0.1) is 0 Å². The molecule has 3 rings (SSSR count). The number of aryl methyl sites for hydroxylation is 1. The molecule has 8 heteroatoms. The molecule has 0 saturated carbocycles. The third-order valence-corrected chi connectivity index (χ3v) is 6.99. The largest absolute Gasteiger partial charge is 0.396 e. The number of aliphatic hydroxyl groups is 1. The second-order valence-electron chi connectivity index (χ2n) is 8.53. The maximum Gasteiger partial charge on any atom is 0.247 e. The minimum atomic E-state index is -0.747. The SMILES string of the molecule is CC[C@@H]1C=C[C@H]2[C@H](C(=O)N(CCCCO)[C@@H]2C(=O)Nc2c(C)cccc2Cl)[C@@H]1C(=O)NC. The van der Waals surface area contributed by atoms with Crippen molar-refractivity contribution in [3.05, 3.63) is 40.9 Å². The van der Waals surface area contributed by atoms with E-state index in [0.29, 0.717) is 30.1 Å². The van der Waals surface area contributed by atoms with E-state index in [0.717, 1.165) is 12.0 Å². The number of amides is 3. The molecule has 2 aliphatic rings. The smallest absolute Gasteiger partial charge is 0.247 e. The van der Waals surface area contributed by atoms with Gasteiger partial charge in [0.15, 0.2) is 0 Å². The molecule has 1 fully saturated rings. The number of allylic oxidation sites excluding steroid dienone is 1. The van der Waals surface area contributed by atoms with Crippen LogP contribution < -0.4 is 10.6 Å². The van der Waals surface area contributed by atoms with Gasteiger partial charge in [0.2, 0.25) is 17.7 Å². The number of hydrogen-bond acceptors (Lipinski definition) is 4. The van der Waals surface area contributed by atoms with Crippen molar-refractivity contribution < 1.29 is 19.5 Å². The molecule has 7 nitrogen and oxygen atoms in total. The fraction of sp³-hybridized carbons (Fsp3) is 0.542. The highest BCUT2D eigenvalue weighted by atomic mass is 35.5. The number of hydrogen-bond donors (Lipinski definition) is 3. The van der Waals surface area contributed by atoms with Gasteiger partial charge in [0.1, 0.15) is 6.04 Å². The number of nitrogens with one attached hydrogen (secondary N) is 2. The van der Waals surface area contributed by atoms with Gasteiger partial charge in [-0.25, -0.2) is 0 Å². The number of anilines is 1. The standard InChI is InChI=1S/C24H32ClN3O4/c1-4-15-10-11-16-19(18(15)22(30)26-3)24(32)28(12-5-6-13-29)21(16)23(31)27-20-14(2)8-7-9-17(20)25/h7-11,15-16,18-19,21,29H,4-6,12-13H2,1-3H3,(H,26,30)(H,27,31)/t15-,16+,18-,19+,21+/m1/s1. The molecule has 32 heavy (non-hydrogen) atoms. The molecule has 3 amide bonds. The first-order valence-electron chi connectivity index (χ1n) is 11.2. The summed E-state index contributed by atoms with van der Waals surface area (Å²) in [6.45, 7) is 4.21. The van der Waals surface area contributed by atoms with E-state index < -0.39 is 23.8 Å². The van der Waals surface area contributed by atoms with Crippen LogP contribution >= 0.6 is 11.6 Å². The summed E-state index contributed by atoms with van der Waals surface area (Å²) >= 11 is 6.32. The van der Waals surface area contributed by atoms with Crippen molar-refractivity contribution in [2.24, 2.45) is 23.7 Å². The average Bonchev–Trinajstić information content (AvgIpc) is 3.07. The highest BCUT2D eigenvalue weighted by Crippen LogP contribution is 2.45. The van der Waals surface area contributed by atoms with Gasteiger partial charge in [-0.05, 0) is 43.7 Å². The molecule has 1 aromatic rings. The van der Waals surface area contributed by atoms with Gasteiger partial charge in [0, 0.05) is 26.1 Å². The Morgan fingerprint density at radius 1 is 1.19 bits per heavy atom. The van der Waals surface area contributed by atoms with E-state index in [9.17, 15) is 19.5 Å². The molecule has 0 bridgehead atoms. The summed E-state index contributed by atoms with van der Waals surface area (Å²) in [7, 11) is 1.57. The Bertz CT molecular complexity index is 883. The minimum Gasteiger partial charge on any atom is -0.396 e. The van der Waals surface area contributed by atoms with Crippen molar-refractivity contribution in [2.75, 3.05) is 25.5 Å². The zero-order valence-electron chi connectivity index (χ0n) is 18.8. The first-order chi connectivity index (χ1) is 15.3. The van der Waals surface area contributed by atoms with Gasteiger partial charge in [0.25, 0.3) is 0 Å². The lowest BCUT2D eigenvalue weighted by Crippen LogP contribution is -2.45. The topological polar surface area (TPSA) is 98.7 Å². The summed E-state index contributed by atoms with van der Waals surface area (Å²) in [5, 5.41) is 15.3. The maximum atomic E-state index is 13.6. The quantitative estimate of drug-likeness (QED) is 0.409. The lowest BCUT2D eigenvalue weighted by molar-refractivity contribution is -0.140. The van der Waals surface area contributed by atoms with Gasteiger partial charge >= 0.3 is 0 Å². The molecule has 5 atom stereocenters. The summed E-state index contributed by atoms with van der Waals surface area (Å²) < 4.78 is 0. The van der Waals surface area contributed by atoms with E-state index in [2.05, 4.69) is 10.6 Å². The van der Waals surface area contributed by atoms with Crippen molar-refractivity contribution in [2.45, 2.75) is 39.2 Å². The molecule has 1 aliphatic heterocycles. The van der Waals surface area contributed by atoms with Gasteiger partial charge in [-0.2, -0.15) is 0 Å². The third kappa shape index (κ3) is 4.55. The maximum absolute atomic E-state index is 13.6. The second kappa shape index (κ2) is 10.5. The van der Waals surface area contributed by atoms with Crippen LogP contribution in [0.5, 0.6) is 0 Å². The van der Waals surface area contributed by atoms with Crippen LogP contribution in [0.25, 0.3) is 0 Å². The average molecular weight is 462 g/mol. The molecule has 3 N–H and O–H groups in total. The fourth-order valence-electron chi connectivity index (χ4n) is 5.03. The van der Waals surface area contributed by atoms with E-state index in [1.165, 1.54) is 0 Å². The molecule has 1 aromatic carbocycles. The summed E-state index contributed by atoms with van der Waals surface area (Å²) in [6.07, 6.45) is 5.75. The molecule has 174 valence electrons. The Morgan fingerprint density at radius 3 is 2.56 bits per heavy atom. The highest BCUT2D eigenvalue weighted by molar-refractivity contribution is 6.34. The number of carbonyl (C=O) groups excluding carboxylic acids is 3. The number of fused-ring (bicyclic) bond motifs is 1. The van der Waals surface area contributed by atoms with E-state index in [1.807, 2.05) is 38.1 Å². The minimum absolute atomic E-state index is 0.0171. The Kier molecular flexibility index (Phi) is 7.96. The molecule has 0 aromatic heterocycles. The molecular formula is C24H32ClN3O4. The lowest BCUT2D eigenvalue weighted by Gasteiger charge is -2.33. The Hall–Kier alpha value is -2.38. The van der Waals surface area contributed by atoms with Crippen LogP contribution in [0.2, 0.25) is 5.02 Å². The number of para-hydroxylation sites is 1. The molecule has 1 heterocycles. The summed E-state index contributed by atoms with van der Waals surface area (Å²) in [6, 6.07) is 4.63. The molecule has 0 unspecified atom stereocenters. The highest BCUT2D eigenvalue weighted by Gasteiger charge is 2.56. The van der Waals surface area contributed by atoms with Crippen molar-refractivity contribution >= 4 is 35.0 Å². The van der Waals surface area contributed by atoms with E-state index in [1.54, 1.807) is 18.0 Å². The monoisotopic (exact) mass is 461 g/mol. The van der Waals surface area contributed by atoms with Crippen LogP contribution in [-0.4, -0.2) is 54.0 Å². The summed E-state index contributed by atoms with van der Waals surface area (Å²) in [5.41, 5.74) is 1.35. The molecular weight excluding hydrogens is 430 g/mol. The number of benzene rings is 1. The number of aliphatic hydroxyl groups excluding tert-OH is 1.